The van der Waals surface area contributed by atoms with Crippen molar-refractivity contribution in [1.29, 1.82) is 0 Å². The van der Waals surface area contributed by atoms with Gasteiger partial charge in [0.15, 0.2) is 0 Å². The molecule has 2 aliphatic carbocycles. The summed E-state index contributed by atoms with van der Waals surface area (Å²) in [4.78, 5) is 38.3. The topological polar surface area (TPSA) is 93.0 Å². The molecule has 0 atom stereocenters. The Morgan fingerprint density at radius 1 is 0.939 bits per heavy atom. The average Bonchev–Trinajstić information content (AvgIpc) is 3.63. The lowest BCUT2D eigenvalue weighted by Gasteiger charge is -2.37. The number of hydrogen-bond acceptors (Lipinski definition) is 7. The molecule has 2 amide bonds. The SMILES string of the molecule is COc1ccc([C@H]2CC[C@H](CN(c3cccc(-c4cnn(C(C)C)c4)c3)C(=O)[C@H]3CC[C@H](OC(=O)N4CCN(C)CC4)CC3)CC2)nc1C. The van der Waals surface area contributed by atoms with Gasteiger partial charge in [0.25, 0.3) is 0 Å². The number of carbonyl (C=O) groups excluding carboxylic acids is 2. The molecule has 2 saturated carbocycles. The van der Waals surface area contributed by atoms with E-state index >= 15 is 0 Å². The standard InChI is InChI=1S/C39H54N6O4/c1-27(2)45-26-33(24-40-45)32-7-6-8-34(23-32)44(25-29-9-11-30(12-10-29)36-17-18-37(48-5)28(3)41-36)38(46)31-13-15-35(16-14-31)49-39(47)43-21-19-42(4)20-22-43/h6-8,17-18,23-24,26-27,29-31,35H,9-16,19-22,25H2,1-5H3/t29-,30-,31-,35-. The van der Waals surface area contributed by atoms with E-state index in [0.29, 0.717) is 31.5 Å². The van der Waals surface area contributed by atoms with Crippen LogP contribution < -0.4 is 9.64 Å². The van der Waals surface area contributed by atoms with E-state index < -0.39 is 0 Å². The number of ether oxygens (including phenoxy) is 2. The molecule has 1 aromatic carbocycles. The molecule has 3 aromatic rings. The maximum absolute atomic E-state index is 14.5. The predicted molar refractivity (Wildman–Crippen MR) is 192 cm³/mol. The van der Waals surface area contributed by atoms with Crippen LogP contribution in [0.25, 0.3) is 11.1 Å². The summed E-state index contributed by atoms with van der Waals surface area (Å²) in [6, 6.07) is 12.8. The zero-order valence-electron chi connectivity index (χ0n) is 30.0. The molecular formula is C39H54N6O4. The Bertz CT molecular complexity index is 1560. The number of piperazine rings is 1. The van der Waals surface area contributed by atoms with Crippen LogP contribution >= 0.6 is 0 Å². The molecule has 0 N–H and O–H groups in total. The monoisotopic (exact) mass is 670 g/mol. The minimum absolute atomic E-state index is 0.0891. The van der Waals surface area contributed by atoms with Crippen LogP contribution in [0.2, 0.25) is 0 Å². The Balaban J connectivity index is 1.14. The first-order valence-corrected chi connectivity index (χ1v) is 18.3. The molecule has 0 bridgehead atoms. The van der Waals surface area contributed by atoms with Crippen LogP contribution in [0, 0.1) is 18.8 Å². The van der Waals surface area contributed by atoms with Crippen molar-refractivity contribution in [3.63, 3.8) is 0 Å². The summed E-state index contributed by atoms with van der Waals surface area (Å²) in [7, 11) is 3.76. The minimum atomic E-state index is -0.210. The summed E-state index contributed by atoms with van der Waals surface area (Å²) in [5.41, 5.74) is 5.13. The van der Waals surface area contributed by atoms with E-state index in [2.05, 4.69) is 72.3 Å². The van der Waals surface area contributed by atoms with Gasteiger partial charge in [0.2, 0.25) is 5.91 Å². The molecule has 1 saturated heterocycles. The zero-order valence-corrected chi connectivity index (χ0v) is 30.0. The Morgan fingerprint density at radius 3 is 2.33 bits per heavy atom. The van der Waals surface area contributed by atoms with Crippen LogP contribution in [0.3, 0.4) is 0 Å². The van der Waals surface area contributed by atoms with Crippen molar-refractivity contribution >= 4 is 17.7 Å². The van der Waals surface area contributed by atoms with Crippen LogP contribution in [0.4, 0.5) is 10.5 Å². The minimum Gasteiger partial charge on any atom is -0.495 e. The number of aromatic nitrogens is 3. The first-order valence-electron chi connectivity index (χ1n) is 18.3. The normalized spacial score (nSPS) is 23.3. The summed E-state index contributed by atoms with van der Waals surface area (Å²) < 4.78 is 13.3. The van der Waals surface area contributed by atoms with E-state index in [1.54, 1.807) is 7.11 Å². The van der Waals surface area contributed by atoms with Crippen LogP contribution in [0.5, 0.6) is 5.75 Å². The van der Waals surface area contributed by atoms with Gasteiger partial charge in [0.05, 0.1) is 19.0 Å². The summed E-state index contributed by atoms with van der Waals surface area (Å²) in [5, 5.41) is 4.56. The Labute approximate surface area is 291 Å². The maximum Gasteiger partial charge on any atom is 0.410 e. The fourth-order valence-electron chi connectivity index (χ4n) is 7.71. The fraction of sp³-hybridized carbons (Fsp3) is 0.590. The first kappa shape index (κ1) is 34.9. The third-order valence-corrected chi connectivity index (χ3v) is 10.9. The molecule has 10 heteroatoms. The predicted octanol–water partition coefficient (Wildman–Crippen LogP) is 7.09. The van der Waals surface area contributed by atoms with Gasteiger partial charge in [0.1, 0.15) is 11.9 Å². The summed E-state index contributed by atoms with van der Waals surface area (Å²) in [5.74, 6) is 1.76. The van der Waals surface area contributed by atoms with Crippen molar-refractivity contribution in [3.05, 3.63) is 60.2 Å². The van der Waals surface area contributed by atoms with Crippen molar-refractivity contribution < 1.29 is 19.1 Å². The number of amides is 2. The Hall–Kier alpha value is -3.92. The molecule has 3 heterocycles. The number of rotatable bonds is 9. The number of benzene rings is 1. The molecule has 0 radical (unpaired) electrons. The molecule has 6 rings (SSSR count). The van der Waals surface area contributed by atoms with Crippen LogP contribution in [0.15, 0.2) is 48.8 Å². The number of likely N-dealkylation sites (N-methyl/N-ethyl adjacent to an activating group) is 1. The number of hydrogen-bond donors (Lipinski definition) is 0. The van der Waals surface area contributed by atoms with Crippen molar-refractivity contribution in [1.82, 2.24) is 24.6 Å². The third-order valence-electron chi connectivity index (χ3n) is 10.9. The molecular weight excluding hydrogens is 616 g/mol. The number of anilines is 1. The fourth-order valence-corrected chi connectivity index (χ4v) is 7.71. The lowest BCUT2D eigenvalue weighted by molar-refractivity contribution is -0.124. The Morgan fingerprint density at radius 2 is 1.67 bits per heavy atom. The average molecular weight is 671 g/mol. The second kappa shape index (κ2) is 15.7. The molecule has 0 unspecified atom stereocenters. The van der Waals surface area contributed by atoms with Gasteiger partial charge in [-0.15, -0.1) is 0 Å². The molecule has 3 aliphatic rings. The number of pyridine rings is 1. The van der Waals surface area contributed by atoms with Crippen molar-refractivity contribution in [2.75, 3.05) is 51.8 Å². The largest absolute Gasteiger partial charge is 0.495 e. The molecule has 10 nitrogen and oxygen atoms in total. The zero-order chi connectivity index (χ0) is 34.5. The van der Waals surface area contributed by atoms with E-state index in [4.69, 9.17) is 14.5 Å². The van der Waals surface area contributed by atoms with Gasteiger partial charge in [0, 0.05) is 73.7 Å². The number of nitrogens with zero attached hydrogens (tertiary/aromatic N) is 6. The summed E-state index contributed by atoms with van der Waals surface area (Å²) >= 11 is 0. The lowest BCUT2D eigenvalue weighted by Crippen LogP contribution is -2.48. The molecule has 2 aromatic heterocycles. The number of carbonyl (C=O) groups is 2. The smallest absolute Gasteiger partial charge is 0.410 e. The van der Waals surface area contributed by atoms with Crippen LogP contribution in [-0.4, -0.2) is 89.5 Å². The van der Waals surface area contributed by atoms with Crippen LogP contribution in [-0.2, 0) is 9.53 Å². The summed E-state index contributed by atoms with van der Waals surface area (Å²) in [6.45, 7) is 10.1. The maximum atomic E-state index is 14.5. The van der Waals surface area contributed by atoms with Gasteiger partial charge < -0.3 is 24.2 Å². The van der Waals surface area contributed by atoms with Gasteiger partial charge in [-0.3, -0.25) is 14.5 Å². The highest BCUT2D eigenvalue weighted by molar-refractivity contribution is 5.95. The van der Waals surface area contributed by atoms with E-state index in [-0.39, 0.29) is 30.1 Å². The molecule has 264 valence electrons. The van der Waals surface area contributed by atoms with E-state index in [1.165, 1.54) is 0 Å². The van der Waals surface area contributed by atoms with E-state index in [1.807, 2.05) is 28.8 Å². The molecule has 49 heavy (non-hydrogen) atoms. The van der Waals surface area contributed by atoms with Crippen LogP contribution in [0.1, 0.15) is 88.6 Å². The molecule has 1 aliphatic heterocycles. The van der Waals surface area contributed by atoms with Gasteiger partial charge in [-0.25, -0.2) is 4.79 Å². The highest BCUT2D eigenvalue weighted by atomic mass is 16.6. The second-order valence-electron chi connectivity index (χ2n) is 14.7. The van der Waals surface area contributed by atoms with Crippen molar-refractivity contribution in [2.45, 2.75) is 90.2 Å². The first-order chi connectivity index (χ1) is 23.7. The summed E-state index contributed by atoms with van der Waals surface area (Å²) in [6.07, 6.45) is 10.8. The number of methoxy groups -OCH3 is 1. The van der Waals surface area contributed by atoms with E-state index in [9.17, 15) is 9.59 Å². The quantitative estimate of drug-likeness (QED) is 0.240. The van der Waals surface area contributed by atoms with Gasteiger partial charge in [-0.2, -0.15) is 5.10 Å². The third kappa shape index (κ3) is 8.46. The van der Waals surface area contributed by atoms with Gasteiger partial charge >= 0.3 is 6.09 Å². The second-order valence-corrected chi connectivity index (χ2v) is 14.7. The molecule has 0 spiro atoms. The van der Waals surface area contributed by atoms with Gasteiger partial charge in [-0.1, -0.05) is 12.1 Å². The van der Waals surface area contributed by atoms with Crippen molar-refractivity contribution in [2.24, 2.45) is 11.8 Å². The van der Waals surface area contributed by atoms with E-state index in [0.717, 1.165) is 98.4 Å². The highest BCUT2D eigenvalue weighted by Gasteiger charge is 2.35. The lowest BCUT2D eigenvalue weighted by atomic mass is 9.79. The Kier molecular flexibility index (Phi) is 11.2. The highest BCUT2D eigenvalue weighted by Crippen LogP contribution is 2.38. The number of aryl methyl sites for hydroxylation is 1. The molecule has 3 fully saturated rings. The van der Waals surface area contributed by atoms with Gasteiger partial charge in [-0.05, 0) is 115 Å². The van der Waals surface area contributed by atoms with Crippen molar-refractivity contribution in [3.8, 4) is 16.9 Å².